The van der Waals surface area contributed by atoms with Crippen LogP contribution in [-0.4, -0.2) is 17.9 Å². The Morgan fingerprint density at radius 3 is 2.35 bits per heavy atom. The van der Waals surface area contributed by atoms with Gasteiger partial charge in [-0.3, -0.25) is 4.79 Å². The maximum Gasteiger partial charge on any atom is 0.416 e. The normalized spacial score (nSPS) is 11.3. The predicted octanol–water partition coefficient (Wildman–Crippen LogP) is 3.40. The van der Waals surface area contributed by atoms with Crippen LogP contribution in [0.25, 0.3) is 0 Å². The lowest BCUT2D eigenvalue weighted by Crippen LogP contribution is -2.12. The molecule has 1 aromatic carbocycles. The Balaban J connectivity index is 2.60. The zero-order chi connectivity index (χ0) is 12.9. The maximum atomic E-state index is 12.3. The highest BCUT2D eigenvalue weighted by Gasteiger charge is 2.29. The van der Waals surface area contributed by atoms with Crippen molar-refractivity contribution in [3.63, 3.8) is 0 Å². The van der Waals surface area contributed by atoms with E-state index >= 15 is 0 Å². The van der Waals surface area contributed by atoms with Crippen molar-refractivity contribution in [3.05, 3.63) is 29.8 Å². The highest BCUT2D eigenvalue weighted by molar-refractivity contribution is 7.98. The van der Waals surface area contributed by atoms with E-state index in [1.165, 1.54) is 23.9 Å². The standard InChI is InChI=1S/C11H12F3NOS/c1-17-7-6-10(16)15-9-4-2-8(3-5-9)11(12,13)14/h2-5H,6-7H2,1H3,(H,15,16). The lowest BCUT2D eigenvalue weighted by Gasteiger charge is -2.08. The van der Waals surface area contributed by atoms with Crippen molar-refractivity contribution in [1.82, 2.24) is 0 Å². The molecule has 1 aromatic rings. The molecule has 0 saturated carbocycles. The van der Waals surface area contributed by atoms with Crippen LogP contribution in [0.15, 0.2) is 24.3 Å². The molecular weight excluding hydrogens is 251 g/mol. The van der Waals surface area contributed by atoms with Crippen molar-refractivity contribution in [1.29, 1.82) is 0 Å². The molecule has 0 atom stereocenters. The maximum absolute atomic E-state index is 12.3. The zero-order valence-corrected chi connectivity index (χ0v) is 9.99. The van der Waals surface area contributed by atoms with E-state index in [2.05, 4.69) is 5.32 Å². The predicted molar refractivity (Wildman–Crippen MR) is 63.1 cm³/mol. The molecule has 0 bridgehead atoms. The van der Waals surface area contributed by atoms with Crippen molar-refractivity contribution >= 4 is 23.4 Å². The van der Waals surface area contributed by atoms with Gasteiger partial charge in [-0.05, 0) is 30.5 Å². The molecule has 6 heteroatoms. The lowest BCUT2D eigenvalue weighted by molar-refractivity contribution is -0.137. The number of carbonyl (C=O) groups is 1. The second kappa shape index (κ2) is 5.95. The van der Waals surface area contributed by atoms with E-state index in [9.17, 15) is 18.0 Å². The van der Waals surface area contributed by atoms with Crippen LogP contribution < -0.4 is 5.32 Å². The smallest absolute Gasteiger partial charge is 0.326 e. The fraction of sp³-hybridized carbons (Fsp3) is 0.364. The van der Waals surface area contributed by atoms with Crippen LogP contribution in [0.3, 0.4) is 0 Å². The minimum atomic E-state index is -4.35. The molecule has 1 amide bonds. The largest absolute Gasteiger partial charge is 0.416 e. The van der Waals surface area contributed by atoms with Gasteiger partial charge in [-0.25, -0.2) is 0 Å². The van der Waals surface area contributed by atoms with Gasteiger partial charge in [-0.15, -0.1) is 0 Å². The Morgan fingerprint density at radius 1 is 1.29 bits per heavy atom. The Bertz CT molecular complexity index is 375. The fourth-order valence-corrected chi connectivity index (χ4v) is 1.55. The third-order valence-corrected chi connectivity index (χ3v) is 2.64. The summed E-state index contributed by atoms with van der Waals surface area (Å²) in [5.74, 6) is 0.492. The molecule has 94 valence electrons. The minimum Gasteiger partial charge on any atom is -0.326 e. The van der Waals surface area contributed by atoms with Crippen LogP contribution in [-0.2, 0) is 11.0 Å². The van der Waals surface area contributed by atoms with Crippen LogP contribution in [0.1, 0.15) is 12.0 Å². The number of benzene rings is 1. The topological polar surface area (TPSA) is 29.1 Å². The number of anilines is 1. The number of amides is 1. The summed E-state index contributed by atoms with van der Waals surface area (Å²) in [6.07, 6.45) is -2.12. The van der Waals surface area contributed by atoms with Crippen molar-refractivity contribution in [2.24, 2.45) is 0 Å². The molecule has 0 fully saturated rings. The zero-order valence-electron chi connectivity index (χ0n) is 9.17. The summed E-state index contributed by atoms with van der Waals surface area (Å²) in [5.41, 5.74) is -0.344. The van der Waals surface area contributed by atoms with Gasteiger partial charge in [0.25, 0.3) is 0 Å². The summed E-state index contributed by atoms with van der Waals surface area (Å²) < 4.78 is 36.8. The van der Waals surface area contributed by atoms with E-state index in [4.69, 9.17) is 0 Å². The van der Waals surface area contributed by atoms with E-state index in [-0.39, 0.29) is 5.91 Å². The number of hydrogen-bond acceptors (Lipinski definition) is 2. The molecule has 0 aliphatic carbocycles. The lowest BCUT2D eigenvalue weighted by atomic mass is 10.2. The Kier molecular flexibility index (Phi) is 4.86. The first-order valence-corrected chi connectivity index (χ1v) is 6.29. The van der Waals surface area contributed by atoms with Crippen molar-refractivity contribution in [2.75, 3.05) is 17.3 Å². The molecule has 0 radical (unpaired) electrons. The average molecular weight is 263 g/mol. The Labute approximate surface area is 102 Å². The van der Waals surface area contributed by atoms with Gasteiger partial charge in [-0.1, -0.05) is 0 Å². The molecule has 0 heterocycles. The van der Waals surface area contributed by atoms with Gasteiger partial charge < -0.3 is 5.32 Å². The van der Waals surface area contributed by atoms with E-state index in [1.807, 2.05) is 6.26 Å². The summed E-state index contributed by atoms with van der Waals surface area (Å²) in [7, 11) is 0. The third-order valence-electron chi connectivity index (χ3n) is 2.03. The third kappa shape index (κ3) is 4.68. The van der Waals surface area contributed by atoms with Crippen LogP contribution in [0.2, 0.25) is 0 Å². The number of thioether (sulfide) groups is 1. The van der Waals surface area contributed by atoms with Crippen molar-refractivity contribution in [2.45, 2.75) is 12.6 Å². The number of rotatable bonds is 4. The molecule has 0 aromatic heterocycles. The van der Waals surface area contributed by atoms with Crippen LogP contribution >= 0.6 is 11.8 Å². The van der Waals surface area contributed by atoms with Crippen molar-refractivity contribution < 1.29 is 18.0 Å². The highest BCUT2D eigenvalue weighted by atomic mass is 32.2. The first kappa shape index (κ1) is 13.9. The number of nitrogens with one attached hydrogen (secondary N) is 1. The summed E-state index contributed by atoms with van der Waals surface area (Å²) in [6.45, 7) is 0. The monoisotopic (exact) mass is 263 g/mol. The highest BCUT2D eigenvalue weighted by Crippen LogP contribution is 2.29. The van der Waals surface area contributed by atoms with Gasteiger partial charge in [0, 0.05) is 17.9 Å². The van der Waals surface area contributed by atoms with Gasteiger partial charge >= 0.3 is 6.18 Å². The number of halogens is 3. The van der Waals surface area contributed by atoms with Gasteiger partial charge in [-0.2, -0.15) is 24.9 Å². The van der Waals surface area contributed by atoms with Gasteiger partial charge in [0.1, 0.15) is 0 Å². The molecular formula is C11H12F3NOS. The Morgan fingerprint density at radius 2 is 1.88 bits per heavy atom. The van der Waals surface area contributed by atoms with Crippen LogP contribution in [0.4, 0.5) is 18.9 Å². The number of alkyl halides is 3. The van der Waals surface area contributed by atoms with Crippen LogP contribution in [0.5, 0.6) is 0 Å². The van der Waals surface area contributed by atoms with Gasteiger partial charge in [0.15, 0.2) is 0 Å². The quantitative estimate of drug-likeness (QED) is 0.902. The van der Waals surface area contributed by atoms with Crippen molar-refractivity contribution in [3.8, 4) is 0 Å². The second-order valence-electron chi connectivity index (χ2n) is 3.37. The molecule has 0 aliphatic rings. The molecule has 0 saturated heterocycles. The molecule has 1 N–H and O–H groups in total. The van der Waals surface area contributed by atoms with E-state index in [1.54, 1.807) is 0 Å². The summed E-state index contributed by atoms with van der Waals surface area (Å²) in [4.78, 5) is 11.3. The molecule has 1 rings (SSSR count). The minimum absolute atomic E-state index is 0.195. The number of hydrogen-bond donors (Lipinski definition) is 1. The second-order valence-corrected chi connectivity index (χ2v) is 4.35. The Hall–Kier alpha value is -1.17. The summed E-state index contributed by atoms with van der Waals surface area (Å²) in [6, 6.07) is 4.40. The molecule has 0 spiro atoms. The molecule has 17 heavy (non-hydrogen) atoms. The first-order valence-electron chi connectivity index (χ1n) is 4.89. The molecule has 0 aliphatic heterocycles. The summed E-state index contributed by atoms with van der Waals surface area (Å²) >= 11 is 1.54. The van der Waals surface area contributed by atoms with E-state index < -0.39 is 11.7 Å². The first-order chi connectivity index (χ1) is 7.93. The SMILES string of the molecule is CSCCC(=O)Nc1ccc(C(F)(F)F)cc1. The van der Waals surface area contributed by atoms with E-state index in [0.29, 0.717) is 17.9 Å². The number of carbonyl (C=O) groups excluding carboxylic acids is 1. The van der Waals surface area contributed by atoms with Gasteiger partial charge in [0.05, 0.1) is 5.56 Å². The van der Waals surface area contributed by atoms with Gasteiger partial charge in [0.2, 0.25) is 5.91 Å². The van der Waals surface area contributed by atoms with E-state index in [0.717, 1.165) is 12.1 Å². The molecule has 2 nitrogen and oxygen atoms in total. The summed E-state index contributed by atoms with van der Waals surface area (Å²) in [5, 5.41) is 2.54. The fourth-order valence-electron chi connectivity index (χ4n) is 1.16. The molecule has 0 unspecified atom stereocenters. The average Bonchev–Trinajstić information content (AvgIpc) is 2.26. The van der Waals surface area contributed by atoms with Crippen LogP contribution in [0, 0.1) is 0 Å².